The molecule has 1 aromatic carbocycles. The van der Waals surface area contributed by atoms with Crippen molar-refractivity contribution in [2.24, 2.45) is 5.73 Å². The fourth-order valence-electron chi connectivity index (χ4n) is 2.87. The van der Waals surface area contributed by atoms with E-state index in [2.05, 4.69) is 0 Å². The molecular formula is C18H29ClN2O4. The number of nitrogens with zero attached hydrogens (tertiary/aromatic N) is 1. The number of rotatable bonds is 9. The van der Waals surface area contributed by atoms with E-state index >= 15 is 0 Å². The summed E-state index contributed by atoms with van der Waals surface area (Å²) in [7, 11) is 3.22. The number of halogens is 1. The maximum atomic E-state index is 12.7. The van der Waals surface area contributed by atoms with Crippen LogP contribution < -0.4 is 10.5 Å². The Kier molecular flexibility index (Phi) is 9.82. The molecule has 6 nitrogen and oxygen atoms in total. The molecule has 0 aliphatic carbocycles. The summed E-state index contributed by atoms with van der Waals surface area (Å²) in [5.41, 5.74) is 6.68. The van der Waals surface area contributed by atoms with Crippen molar-refractivity contribution in [2.75, 3.05) is 33.9 Å². The molecule has 142 valence electrons. The highest BCUT2D eigenvalue weighted by atomic mass is 35.5. The number of nitrogens with two attached hydrogens (primary N) is 1. The Morgan fingerprint density at radius 3 is 2.84 bits per heavy atom. The molecular weight excluding hydrogens is 344 g/mol. The van der Waals surface area contributed by atoms with Gasteiger partial charge in [0.25, 0.3) is 0 Å². The molecule has 1 heterocycles. The molecule has 0 aromatic heterocycles. The Bertz CT molecular complexity index is 520. The van der Waals surface area contributed by atoms with Gasteiger partial charge in [0.2, 0.25) is 5.91 Å². The van der Waals surface area contributed by atoms with Gasteiger partial charge in [-0.2, -0.15) is 0 Å². The first-order valence-corrected chi connectivity index (χ1v) is 8.41. The standard InChI is InChI=1S/C18H28N2O4.ClH/c1-22-15-6-3-5-14(9-15)12-20(13-16-7-4-8-24-16)18(21)10-17(11-19)23-2;/h3,5-6,9,16-17H,4,7-8,10-13,19H2,1-2H3;1H. The van der Waals surface area contributed by atoms with Gasteiger partial charge < -0.3 is 24.8 Å². The Balaban J connectivity index is 0.00000312. The predicted molar refractivity (Wildman–Crippen MR) is 99.1 cm³/mol. The van der Waals surface area contributed by atoms with Crippen LogP contribution >= 0.6 is 12.4 Å². The van der Waals surface area contributed by atoms with E-state index in [0.717, 1.165) is 30.8 Å². The third-order valence-electron chi connectivity index (χ3n) is 4.31. The van der Waals surface area contributed by atoms with Crippen molar-refractivity contribution in [1.29, 1.82) is 0 Å². The normalized spacial score (nSPS) is 17.6. The molecule has 0 radical (unpaired) electrons. The zero-order valence-electron chi connectivity index (χ0n) is 15.0. The zero-order chi connectivity index (χ0) is 17.4. The van der Waals surface area contributed by atoms with Crippen LogP contribution in [0.5, 0.6) is 5.75 Å². The van der Waals surface area contributed by atoms with Gasteiger partial charge in [0.15, 0.2) is 0 Å². The van der Waals surface area contributed by atoms with Crippen molar-refractivity contribution < 1.29 is 19.0 Å². The first-order chi connectivity index (χ1) is 11.7. The molecule has 7 heteroatoms. The molecule has 0 bridgehead atoms. The minimum atomic E-state index is -0.255. The van der Waals surface area contributed by atoms with E-state index in [-0.39, 0.29) is 36.9 Å². The maximum Gasteiger partial charge on any atom is 0.225 e. The number of carbonyl (C=O) groups is 1. The molecule has 1 amide bonds. The highest BCUT2D eigenvalue weighted by molar-refractivity contribution is 5.85. The summed E-state index contributed by atoms with van der Waals surface area (Å²) in [6.45, 7) is 2.22. The van der Waals surface area contributed by atoms with Crippen LogP contribution in [0.2, 0.25) is 0 Å². The molecule has 2 rings (SSSR count). The summed E-state index contributed by atoms with van der Waals surface area (Å²) in [5, 5.41) is 0. The second-order valence-electron chi connectivity index (χ2n) is 6.06. The maximum absolute atomic E-state index is 12.7. The fourth-order valence-corrected chi connectivity index (χ4v) is 2.87. The summed E-state index contributed by atoms with van der Waals surface area (Å²) in [6, 6.07) is 7.77. The van der Waals surface area contributed by atoms with Gasteiger partial charge in [0, 0.05) is 33.4 Å². The number of benzene rings is 1. The minimum Gasteiger partial charge on any atom is -0.497 e. The molecule has 2 atom stereocenters. The van der Waals surface area contributed by atoms with Crippen molar-refractivity contribution >= 4 is 18.3 Å². The number of amides is 1. The van der Waals surface area contributed by atoms with Crippen molar-refractivity contribution in [2.45, 2.75) is 38.0 Å². The van der Waals surface area contributed by atoms with Crippen molar-refractivity contribution in [3.63, 3.8) is 0 Å². The lowest BCUT2D eigenvalue weighted by Crippen LogP contribution is -2.39. The van der Waals surface area contributed by atoms with Crippen molar-refractivity contribution in [3.05, 3.63) is 29.8 Å². The van der Waals surface area contributed by atoms with Gasteiger partial charge in [0.1, 0.15) is 5.75 Å². The Hall–Kier alpha value is -1.34. The van der Waals surface area contributed by atoms with Crippen LogP contribution in [0.3, 0.4) is 0 Å². The quantitative estimate of drug-likeness (QED) is 0.717. The van der Waals surface area contributed by atoms with Gasteiger partial charge in [-0.25, -0.2) is 0 Å². The van der Waals surface area contributed by atoms with E-state index in [1.807, 2.05) is 29.2 Å². The molecule has 1 aromatic rings. The Labute approximate surface area is 156 Å². The molecule has 1 aliphatic heterocycles. The molecule has 0 spiro atoms. The summed E-state index contributed by atoms with van der Waals surface area (Å²) < 4.78 is 16.2. The number of hydrogen-bond acceptors (Lipinski definition) is 5. The van der Waals surface area contributed by atoms with Gasteiger partial charge >= 0.3 is 0 Å². The Morgan fingerprint density at radius 2 is 2.24 bits per heavy atom. The Morgan fingerprint density at radius 1 is 1.44 bits per heavy atom. The molecule has 2 N–H and O–H groups in total. The average molecular weight is 373 g/mol. The number of carbonyl (C=O) groups excluding carboxylic acids is 1. The first-order valence-electron chi connectivity index (χ1n) is 8.41. The molecule has 2 unspecified atom stereocenters. The van der Waals surface area contributed by atoms with E-state index in [0.29, 0.717) is 19.6 Å². The first kappa shape index (κ1) is 21.7. The van der Waals surface area contributed by atoms with E-state index in [1.165, 1.54) is 0 Å². The van der Waals surface area contributed by atoms with Crippen LogP contribution in [0.15, 0.2) is 24.3 Å². The SMILES string of the molecule is COc1cccc(CN(CC2CCCO2)C(=O)CC(CN)OC)c1.Cl. The van der Waals surface area contributed by atoms with E-state index in [4.69, 9.17) is 19.9 Å². The zero-order valence-corrected chi connectivity index (χ0v) is 15.8. The summed E-state index contributed by atoms with van der Waals surface area (Å²) in [5.74, 6) is 0.819. The molecule has 1 aliphatic rings. The van der Waals surface area contributed by atoms with Crippen LogP contribution in [0.1, 0.15) is 24.8 Å². The number of ether oxygens (including phenoxy) is 3. The fraction of sp³-hybridized carbons (Fsp3) is 0.611. The topological polar surface area (TPSA) is 74.0 Å². The summed E-state index contributed by atoms with van der Waals surface area (Å²) >= 11 is 0. The molecule has 0 saturated carbocycles. The highest BCUT2D eigenvalue weighted by Crippen LogP contribution is 2.19. The number of hydrogen-bond donors (Lipinski definition) is 1. The van der Waals surface area contributed by atoms with Gasteiger partial charge in [-0.3, -0.25) is 4.79 Å². The minimum absolute atomic E-state index is 0. The van der Waals surface area contributed by atoms with Gasteiger partial charge in [0.05, 0.1) is 25.7 Å². The van der Waals surface area contributed by atoms with Crippen LogP contribution in [0.25, 0.3) is 0 Å². The van der Waals surface area contributed by atoms with Crippen LogP contribution in [0.4, 0.5) is 0 Å². The van der Waals surface area contributed by atoms with Crippen molar-refractivity contribution in [3.8, 4) is 5.75 Å². The molecule has 1 saturated heterocycles. The second-order valence-corrected chi connectivity index (χ2v) is 6.06. The molecule has 1 fully saturated rings. The van der Waals surface area contributed by atoms with Crippen LogP contribution in [0, 0.1) is 0 Å². The monoisotopic (exact) mass is 372 g/mol. The second kappa shape index (κ2) is 11.3. The van der Waals surface area contributed by atoms with Gasteiger partial charge in [-0.15, -0.1) is 12.4 Å². The predicted octanol–water partition coefficient (Wildman–Crippen LogP) is 1.99. The number of methoxy groups -OCH3 is 2. The van der Waals surface area contributed by atoms with E-state index < -0.39 is 0 Å². The average Bonchev–Trinajstić information content (AvgIpc) is 3.12. The highest BCUT2D eigenvalue weighted by Gasteiger charge is 2.24. The third kappa shape index (κ3) is 6.82. The van der Waals surface area contributed by atoms with Crippen LogP contribution in [-0.2, 0) is 20.8 Å². The van der Waals surface area contributed by atoms with E-state index in [9.17, 15) is 4.79 Å². The third-order valence-corrected chi connectivity index (χ3v) is 4.31. The lowest BCUT2D eigenvalue weighted by Gasteiger charge is -2.27. The molecule has 25 heavy (non-hydrogen) atoms. The lowest BCUT2D eigenvalue weighted by atomic mass is 10.1. The van der Waals surface area contributed by atoms with Gasteiger partial charge in [-0.1, -0.05) is 12.1 Å². The smallest absolute Gasteiger partial charge is 0.225 e. The van der Waals surface area contributed by atoms with Crippen molar-refractivity contribution in [1.82, 2.24) is 4.90 Å². The lowest BCUT2D eigenvalue weighted by molar-refractivity contribution is -0.135. The summed E-state index contributed by atoms with van der Waals surface area (Å²) in [6.07, 6.45) is 2.18. The van der Waals surface area contributed by atoms with E-state index in [1.54, 1.807) is 14.2 Å². The largest absolute Gasteiger partial charge is 0.497 e. The van der Waals surface area contributed by atoms with Crippen LogP contribution in [-0.4, -0.2) is 56.9 Å². The summed E-state index contributed by atoms with van der Waals surface area (Å²) in [4.78, 5) is 14.6. The van der Waals surface area contributed by atoms with Gasteiger partial charge in [-0.05, 0) is 30.5 Å².